The largest absolute Gasteiger partial charge is 0.385 e. The Hall–Kier alpha value is 0.292. The summed E-state index contributed by atoms with van der Waals surface area (Å²) in [5, 5.41) is 11.0. The summed E-state index contributed by atoms with van der Waals surface area (Å²) >= 11 is 10.9. The zero-order chi connectivity index (χ0) is 19.1. The van der Waals surface area contributed by atoms with Gasteiger partial charge in [0.2, 0.25) is 0 Å². The Morgan fingerprint density at radius 3 is 2.85 bits per heavy atom. The van der Waals surface area contributed by atoms with Crippen LogP contribution in [0.4, 0.5) is 0 Å². The van der Waals surface area contributed by atoms with Gasteiger partial charge in [-0.05, 0) is 42.0 Å². The van der Waals surface area contributed by atoms with Crippen LogP contribution >= 0.6 is 28.6 Å². The average Bonchev–Trinajstić information content (AvgIpc) is 3.05. The fourth-order valence-electron chi connectivity index (χ4n) is 3.03. The van der Waals surface area contributed by atoms with Gasteiger partial charge < -0.3 is 28.9 Å². The first-order chi connectivity index (χ1) is 12.1. The minimum Gasteiger partial charge on any atom is -0.385 e. The predicted octanol–water partition coefficient (Wildman–Crippen LogP) is 3.47. The van der Waals surface area contributed by atoms with E-state index in [1.165, 1.54) is 6.33 Å². The minimum absolute atomic E-state index is 0. The van der Waals surface area contributed by atoms with Crippen LogP contribution in [0.2, 0.25) is 0 Å². The van der Waals surface area contributed by atoms with Crippen LogP contribution in [0.1, 0.15) is 39.2 Å². The van der Waals surface area contributed by atoms with Crippen LogP contribution in [0, 0.1) is 43.2 Å². The van der Waals surface area contributed by atoms with E-state index in [0.29, 0.717) is 23.4 Å². The summed E-state index contributed by atoms with van der Waals surface area (Å²) in [5.74, 6) is 0.309. The van der Waals surface area contributed by atoms with Crippen molar-refractivity contribution in [3.8, 4) is 0 Å². The SMILES string of the molecule is CCCc1n[c-]c2ncn([C@@H]3O[C@H](COP(=O)(Cl)Cl)[C@H](C)[C@@]3(C)O)c2n1.[U]. The van der Waals surface area contributed by atoms with Crippen LogP contribution in [-0.4, -0.2) is 42.9 Å². The first-order valence-electron chi connectivity index (χ1n) is 8.26. The number of fused-ring (bicyclic) bond motifs is 1. The van der Waals surface area contributed by atoms with Crippen molar-refractivity contribution in [2.45, 2.75) is 51.5 Å². The van der Waals surface area contributed by atoms with Crippen molar-refractivity contribution in [2.75, 3.05) is 6.61 Å². The number of ether oxygens (including phenoxy) is 1. The molecule has 0 bridgehead atoms. The van der Waals surface area contributed by atoms with Crippen LogP contribution in [0.15, 0.2) is 6.33 Å². The molecule has 1 aliphatic heterocycles. The average molecular weight is 660 g/mol. The number of aryl methyl sites for hydroxylation is 1. The molecule has 0 amide bonds. The van der Waals surface area contributed by atoms with E-state index >= 15 is 0 Å². The molecule has 0 radical (unpaired) electrons. The zero-order valence-electron chi connectivity index (χ0n) is 15.1. The van der Waals surface area contributed by atoms with Crippen molar-refractivity contribution in [3.05, 3.63) is 18.3 Å². The van der Waals surface area contributed by atoms with Crippen molar-refractivity contribution < 1.29 is 50.0 Å². The number of imidazole rings is 1. The topological polar surface area (TPSA) is 99.4 Å². The van der Waals surface area contributed by atoms with Crippen LogP contribution in [0.25, 0.3) is 11.2 Å². The summed E-state index contributed by atoms with van der Waals surface area (Å²) in [6, 6.07) is 0. The van der Waals surface area contributed by atoms with Gasteiger partial charge in [0, 0.05) is 48.4 Å². The molecule has 4 atom stereocenters. The molecule has 27 heavy (non-hydrogen) atoms. The predicted molar refractivity (Wildman–Crippen MR) is 97.1 cm³/mol. The third-order valence-corrected chi connectivity index (χ3v) is 5.73. The smallest absolute Gasteiger partial charge is 0.380 e. The van der Waals surface area contributed by atoms with E-state index in [9.17, 15) is 9.67 Å². The molecule has 3 heterocycles. The Labute approximate surface area is 190 Å². The molecule has 0 saturated carbocycles. The van der Waals surface area contributed by atoms with Crippen LogP contribution in [-0.2, 0) is 20.2 Å². The second-order valence-electron chi connectivity index (χ2n) is 6.58. The van der Waals surface area contributed by atoms with E-state index in [4.69, 9.17) is 31.7 Å². The first kappa shape index (κ1) is 23.6. The van der Waals surface area contributed by atoms with E-state index in [-0.39, 0.29) is 43.6 Å². The second-order valence-corrected chi connectivity index (χ2v) is 10.9. The van der Waals surface area contributed by atoms with E-state index in [1.807, 2.05) is 13.8 Å². The van der Waals surface area contributed by atoms with E-state index in [2.05, 4.69) is 21.1 Å². The second kappa shape index (κ2) is 8.97. The molecule has 2 aromatic rings. The Kier molecular flexibility index (Phi) is 7.83. The summed E-state index contributed by atoms with van der Waals surface area (Å²) in [7, 11) is 0. The molecule has 1 saturated heterocycles. The number of aliphatic hydroxyl groups is 1. The molecule has 148 valence electrons. The molecule has 1 fully saturated rings. The molecule has 0 unspecified atom stereocenters. The Balaban J connectivity index is 0.00000261. The Bertz CT molecular complexity index is 846. The number of rotatable bonds is 6. The molecule has 1 N–H and O–H groups in total. The molecule has 0 aliphatic carbocycles. The molecule has 3 rings (SSSR count). The molecular weight excluding hydrogens is 640 g/mol. The van der Waals surface area contributed by atoms with Gasteiger partial charge in [-0.3, -0.25) is 9.55 Å². The van der Waals surface area contributed by atoms with Gasteiger partial charge in [0.1, 0.15) is 5.60 Å². The summed E-state index contributed by atoms with van der Waals surface area (Å²) in [6.07, 6.45) is 1.02. The third-order valence-electron chi connectivity index (χ3n) is 4.69. The number of aromatic nitrogens is 4. The van der Waals surface area contributed by atoms with Crippen LogP contribution in [0.5, 0.6) is 0 Å². The number of halogens is 2. The van der Waals surface area contributed by atoms with Crippen molar-refractivity contribution in [1.29, 1.82) is 0 Å². The van der Waals surface area contributed by atoms with Gasteiger partial charge in [-0.1, -0.05) is 20.3 Å². The van der Waals surface area contributed by atoms with Crippen molar-refractivity contribution >= 4 is 39.7 Å². The fraction of sp³-hybridized carbons (Fsp3) is 0.667. The normalized spacial score (nSPS) is 28.4. The minimum atomic E-state index is -3.68. The van der Waals surface area contributed by atoms with E-state index in [1.54, 1.807) is 11.5 Å². The standard InChI is InChI=1S/C15H20Cl2N4O4P.U/c1-4-5-12-18-6-10-13(20-12)21(8-19-10)14-15(3,22)9(2)11(25-14)7-24-26(16,17)23;/h8-9,11,14,22H,4-5,7H2,1-3H3;/q-1;/t9-,11+,14+,15+;/m0./s1. The van der Waals surface area contributed by atoms with Crippen LogP contribution in [0.3, 0.4) is 0 Å². The first-order valence-corrected chi connectivity index (χ1v) is 11.7. The third kappa shape index (κ3) is 5.07. The fourth-order valence-corrected chi connectivity index (χ4v) is 3.69. The van der Waals surface area contributed by atoms with Gasteiger partial charge in [-0.25, -0.2) is 0 Å². The van der Waals surface area contributed by atoms with Gasteiger partial charge in [0.05, 0.1) is 24.7 Å². The van der Waals surface area contributed by atoms with E-state index < -0.39 is 24.0 Å². The summed E-state index contributed by atoms with van der Waals surface area (Å²) in [6.45, 7) is 5.40. The maximum Gasteiger partial charge on any atom is 0.380 e. The zero-order valence-corrected chi connectivity index (χ0v) is 21.7. The van der Waals surface area contributed by atoms with Crippen molar-refractivity contribution in [3.63, 3.8) is 0 Å². The molecular formula is C15H20Cl2N4O4PU-. The van der Waals surface area contributed by atoms with Crippen LogP contribution < -0.4 is 0 Å². The molecule has 8 nitrogen and oxygen atoms in total. The summed E-state index contributed by atoms with van der Waals surface area (Å²) in [5.41, 5.74) is -0.231. The maximum absolute atomic E-state index is 11.4. The number of nitrogens with zero attached hydrogens (tertiary/aromatic N) is 4. The van der Waals surface area contributed by atoms with Gasteiger partial charge in [0.25, 0.3) is 0 Å². The van der Waals surface area contributed by atoms with Gasteiger partial charge >= 0.3 is 6.07 Å². The summed E-state index contributed by atoms with van der Waals surface area (Å²) in [4.78, 5) is 12.9. The van der Waals surface area contributed by atoms with E-state index in [0.717, 1.165) is 6.42 Å². The van der Waals surface area contributed by atoms with Gasteiger partial charge in [-0.2, -0.15) is 0 Å². The van der Waals surface area contributed by atoms with Gasteiger partial charge in [0.15, 0.2) is 6.23 Å². The molecule has 1 aliphatic rings. The van der Waals surface area contributed by atoms with Gasteiger partial charge in [-0.15, -0.1) is 0 Å². The Morgan fingerprint density at radius 1 is 1.52 bits per heavy atom. The van der Waals surface area contributed by atoms with Crippen molar-refractivity contribution in [1.82, 2.24) is 19.5 Å². The monoisotopic (exact) mass is 659 g/mol. The molecule has 0 aromatic carbocycles. The Morgan fingerprint density at radius 2 is 2.22 bits per heavy atom. The molecule has 2 aromatic heterocycles. The number of hydrogen-bond donors (Lipinski definition) is 1. The number of hydrogen-bond acceptors (Lipinski definition) is 7. The molecule has 0 spiro atoms. The molecule has 12 heteroatoms. The quantitative estimate of drug-likeness (QED) is 0.375. The van der Waals surface area contributed by atoms with Crippen molar-refractivity contribution in [2.24, 2.45) is 5.92 Å². The summed E-state index contributed by atoms with van der Waals surface area (Å²) < 4.78 is 24.0. The maximum atomic E-state index is 11.4.